The van der Waals surface area contributed by atoms with E-state index in [0.717, 1.165) is 12.8 Å². The van der Waals surface area contributed by atoms with Crippen LogP contribution < -0.4 is 0 Å². The Morgan fingerprint density at radius 1 is 1.40 bits per heavy atom. The molecule has 0 aromatic carbocycles. The van der Waals surface area contributed by atoms with E-state index in [-0.39, 0.29) is 0 Å². The molecule has 0 heterocycles. The van der Waals surface area contributed by atoms with Crippen LogP contribution >= 0.6 is 0 Å². The van der Waals surface area contributed by atoms with Crippen LogP contribution in [-0.2, 0) is 4.74 Å². The van der Waals surface area contributed by atoms with Gasteiger partial charge in [0.1, 0.15) is 0 Å². The molecule has 10 heavy (non-hydrogen) atoms. The summed E-state index contributed by atoms with van der Waals surface area (Å²) in [7, 11) is 1.75. The summed E-state index contributed by atoms with van der Waals surface area (Å²) in [4.78, 5) is 0. The largest absolute Gasteiger partial charge is 0.380 e. The molecule has 1 rings (SSSR count). The van der Waals surface area contributed by atoms with Crippen molar-refractivity contribution >= 4 is 0 Å². The molecule has 0 radical (unpaired) electrons. The lowest BCUT2D eigenvalue weighted by atomic mass is 9.87. The Balaban J connectivity index is 2.44. The molecule has 1 aliphatic rings. The van der Waals surface area contributed by atoms with Crippen molar-refractivity contribution in [2.24, 2.45) is 5.92 Å². The third-order valence-electron chi connectivity index (χ3n) is 2.22. The Bertz CT molecular complexity index is 134. The Hall–Kier alpha value is -0.480. The van der Waals surface area contributed by atoms with Gasteiger partial charge >= 0.3 is 0 Å². The van der Waals surface area contributed by atoms with E-state index in [4.69, 9.17) is 11.2 Å². The summed E-state index contributed by atoms with van der Waals surface area (Å²) in [6.07, 6.45) is 10.5. The summed E-state index contributed by atoms with van der Waals surface area (Å²) in [6.45, 7) is 0. The summed E-state index contributed by atoms with van der Waals surface area (Å²) < 4.78 is 5.25. The van der Waals surface area contributed by atoms with Gasteiger partial charge in [-0.15, -0.1) is 12.3 Å². The van der Waals surface area contributed by atoms with Gasteiger partial charge in [0.15, 0.2) is 0 Å². The number of ether oxygens (including phenoxy) is 1. The lowest BCUT2D eigenvalue weighted by Gasteiger charge is -2.26. The van der Waals surface area contributed by atoms with E-state index >= 15 is 0 Å². The van der Waals surface area contributed by atoms with Crippen LogP contribution in [0.15, 0.2) is 0 Å². The minimum Gasteiger partial charge on any atom is -0.380 e. The maximum absolute atomic E-state index is 5.34. The van der Waals surface area contributed by atoms with Gasteiger partial charge in [0.2, 0.25) is 0 Å². The molecule has 1 fully saturated rings. The average molecular weight is 138 g/mol. The second-order valence-corrected chi connectivity index (χ2v) is 2.83. The first-order chi connectivity index (χ1) is 4.88. The molecule has 0 spiro atoms. The molecule has 56 valence electrons. The SMILES string of the molecule is C#C[C@@H]1CCCC[C@H]1OC. The Morgan fingerprint density at radius 3 is 2.60 bits per heavy atom. The first-order valence-corrected chi connectivity index (χ1v) is 3.87. The zero-order valence-electron chi connectivity index (χ0n) is 6.47. The van der Waals surface area contributed by atoms with Crippen molar-refractivity contribution in [3.05, 3.63) is 0 Å². The molecule has 0 bridgehead atoms. The number of terminal acetylenes is 1. The van der Waals surface area contributed by atoms with Crippen molar-refractivity contribution in [2.75, 3.05) is 7.11 Å². The number of hydrogen-bond acceptors (Lipinski definition) is 1. The maximum Gasteiger partial charge on any atom is 0.0708 e. The lowest BCUT2D eigenvalue weighted by molar-refractivity contribution is 0.0449. The number of methoxy groups -OCH3 is 1. The van der Waals surface area contributed by atoms with Gasteiger partial charge in [0.25, 0.3) is 0 Å². The van der Waals surface area contributed by atoms with E-state index in [1.165, 1.54) is 12.8 Å². The summed E-state index contributed by atoms with van der Waals surface area (Å²) in [6, 6.07) is 0. The third kappa shape index (κ3) is 1.52. The first kappa shape index (κ1) is 7.63. The van der Waals surface area contributed by atoms with Gasteiger partial charge in [-0.25, -0.2) is 0 Å². The molecule has 0 unspecified atom stereocenters. The highest BCUT2D eigenvalue weighted by molar-refractivity contribution is 4.98. The second-order valence-electron chi connectivity index (χ2n) is 2.83. The molecule has 0 aliphatic heterocycles. The van der Waals surface area contributed by atoms with Crippen LogP contribution in [0.3, 0.4) is 0 Å². The van der Waals surface area contributed by atoms with E-state index in [1.807, 2.05) is 0 Å². The van der Waals surface area contributed by atoms with Gasteiger partial charge in [0.05, 0.1) is 6.10 Å². The van der Waals surface area contributed by atoms with Crippen LogP contribution in [0.2, 0.25) is 0 Å². The summed E-state index contributed by atoms with van der Waals surface area (Å²) in [5, 5.41) is 0. The minimum absolute atomic E-state index is 0.332. The van der Waals surface area contributed by atoms with Crippen molar-refractivity contribution in [1.29, 1.82) is 0 Å². The Labute approximate surface area is 62.8 Å². The molecule has 0 N–H and O–H groups in total. The van der Waals surface area contributed by atoms with Gasteiger partial charge in [-0.1, -0.05) is 12.8 Å². The van der Waals surface area contributed by atoms with Crippen LogP contribution in [0, 0.1) is 18.3 Å². The summed E-state index contributed by atoms with van der Waals surface area (Å²) >= 11 is 0. The zero-order valence-corrected chi connectivity index (χ0v) is 6.47. The second kappa shape index (κ2) is 3.63. The molecule has 0 aromatic heterocycles. The highest BCUT2D eigenvalue weighted by atomic mass is 16.5. The number of hydrogen-bond donors (Lipinski definition) is 0. The summed E-state index contributed by atoms with van der Waals surface area (Å²) in [5.41, 5.74) is 0. The monoisotopic (exact) mass is 138 g/mol. The minimum atomic E-state index is 0.332. The first-order valence-electron chi connectivity index (χ1n) is 3.87. The van der Waals surface area contributed by atoms with Gasteiger partial charge in [0, 0.05) is 13.0 Å². The Kier molecular flexibility index (Phi) is 2.77. The van der Waals surface area contributed by atoms with Crippen LogP contribution in [0.1, 0.15) is 25.7 Å². The smallest absolute Gasteiger partial charge is 0.0708 e. The van der Waals surface area contributed by atoms with E-state index < -0.39 is 0 Å². The quantitative estimate of drug-likeness (QED) is 0.502. The van der Waals surface area contributed by atoms with E-state index in [9.17, 15) is 0 Å². The predicted molar refractivity (Wildman–Crippen MR) is 41.6 cm³/mol. The standard InChI is InChI=1S/C9H14O/c1-3-8-6-4-5-7-9(8)10-2/h1,8-9H,4-7H2,2H3/t8-,9-/m1/s1. The van der Waals surface area contributed by atoms with Gasteiger partial charge < -0.3 is 4.74 Å². The van der Waals surface area contributed by atoms with Gasteiger partial charge in [-0.05, 0) is 12.8 Å². The lowest BCUT2D eigenvalue weighted by Crippen LogP contribution is -2.25. The topological polar surface area (TPSA) is 9.23 Å². The van der Waals surface area contributed by atoms with Crippen molar-refractivity contribution in [2.45, 2.75) is 31.8 Å². The predicted octanol–water partition coefficient (Wildman–Crippen LogP) is 1.82. The highest BCUT2D eigenvalue weighted by Crippen LogP contribution is 2.25. The highest BCUT2D eigenvalue weighted by Gasteiger charge is 2.22. The maximum atomic E-state index is 5.34. The third-order valence-corrected chi connectivity index (χ3v) is 2.22. The molecular formula is C9H14O. The van der Waals surface area contributed by atoms with Crippen molar-refractivity contribution in [1.82, 2.24) is 0 Å². The number of rotatable bonds is 1. The molecule has 1 heteroatoms. The van der Waals surface area contributed by atoms with Crippen molar-refractivity contribution < 1.29 is 4.74 Å². The molecule has 1 saturated carbocycles. The molecular weight excluding hydrogens is 124 g/mol. The average Bonchev–Trinajstić information content (AvgIpc) is 2.04. The normalized spacial score (nSPS) is 33.2. The molecule has 0 amide bonds. The molecule has 1 aliphatic carbocycles. The van der Waals surface area contributed by atoms with E-state index in [1.54, 1.807) is 7.11 Å². The van der Waals surface area contributed by atoms with E-state index in [0.29, 0.717) is 12.0 Å². The molecule has 0 saturated heterocycles. The van der Waals surface area contributed by atoms with Gasteiger partial charge in [-0.3, -0.25) is 0 Å². The van der Waals surface area contributed by atoms with Gasteiger partial charge in [-0.2, -0.15) is 0 Å². The van der Waals surface area contributed by atoms with Crippen LogP contribution in [-0.4, -0.2) is 13.2 Å². The zero-order chi connectivity index (χ0) is 7.40. The summed E-state index contributed by atoms with van der Waals surface area (Å²) in [5.74, 6) is 3.15. The molecule has 1 nitrogen and oxygen atoms in total. The molecule has 0 aromatic rings. The fourth-order valence-corrected chi connectivity index (χ4v) is 1.57. The fourth-order valence-electron chi connectivity index (χ4n) is 1.57. The van der Waals surface area contributed by atoms with Crippen molar-refractivity contribution in [3.8, 4) is 12.3 Å². The fraction of sp³-hybridized carbons (Fsp3) is 0.778. The van der Waals surface area contributed by atoms with Crippen molar-refractivity contribution in [3.63, 3.8) is 0 Å². The van der Waals surface area contributed by atoms with Crippen LogP contribution in [0.4, 0.5) is 0 Å². The Morgan fingerprint density at radius 2 is 2.10 bits per heavy atom. The van der Waals surface area contributed by atoms with Crippen LogP contribution in [0.25, 0.3) is 0 Å². The van der Waals surface area contributed by atoms with Crippen LogP contribution in [0.5, 0.6) is 0 Å². The molecule has 2 atom stereocenters. The van der Waals surface area contributed by atoms with E-state index in [2.05, 4.69) is 5.92 Å².